The van der Waals surface area contributed by atoms with Crippen LogP contribution in [-0.2, 0) is 0 Å². The van der Waals surface area contributed by atoms with E-state index in [-0.39, 0.29) is 6.10 Å². The van der Waals surface area contributed by atoms with E-state index in [9.17, 15) is 5.11 Å². The number of nitrogens with one attached hydrogen (secondary N) is 1. The fraction of sp³-hybridized carbons (Fsp3) is 0.889. The predicted octanol–water partition coefficient (Wildman–Crippen LogP) is 0.854. The van der Waals surface area contributed by atoms with Crippen LogP contribution in [0, 0.1) is 5.92 Å². The van der Waals surface area contributed by atoms with E-state index in [1.54, 1.807) is 0 Å². The summed E-state index contributed by atoms with van der Waals surface area (Å²) in [5.74, 6) is 1.72. The first-order chi connectivity index (χ1) is 6.77. The summed E-state index contributed by atoms with van der Waals surface area (Å²) in [5.41, 5.74) is 0. The molecule has 1 heterocycles. The average Bonchev–Trinajstić information content (AvgIpc) is 2.71. The van der Waals surface area contributed by atoms with E-state index < -0.39 is 0 Å². The monoisotopic (exact) mass is 196 g/mol. The fourth-order valence-electron chi connectivity index (χ4n) is 2.20. The van der Waals surface area contributed by atoms with Crippen LogP contribution in [0.4, 0.5) is 0 Å². The lowest BCUT2D eigenvalue weighted by molar-refractivity contribution is 0.0960. The lowest BCUT2D eigenvalue weighted by Gasteiger charge is -2.28. The second-order valence-corrected chi connectivity index (χ2v) is 4.12. The normalized spacial score (nSPS) is 30.1. The standard InChI is InChI=1S/C9H16N4O/c1-6(14)7-2-4-8(5-3-7)9-10-12-13-11-9/h6-8,14H,2-5H2,1H3,(H,10,11,12,13). The summed E-state index contributed by atoms with van der Waals surface area (Å²) in [4.78, 5) is 0. The van der Waals surface area contributed by atoms with E-state index in [2.05, 4.69) is 20.6 Å². The van der Waals surface area contributed by atoms with Crippen molar-refractivity contribution in [1.29, 1.82) is 0 Å². The number of aromatic amines is 1. The maximum atomic E-state index is 9.44. The Morgan fingerprint density at radius 3 is 2.57 bits per heavy atom. The van der Waals surface area contributed by atoms with Gasteiger partial charge in [-0.25, -0.2) is 0 Å². The van der Waals surface area contributed by atoms with Crippen molar-refractivity contribution in [3.8, 4) is 0 Å². The van der Waals surface area contributed by atoms with Crippen LogP contribution in [0.15, 0.2) is 0 Å². The van der Waals surface area contributed by atoms with Crippen molar-refractivity contribution in [2.24, 2.45) is 5.92 Å². The van der Waals surface area contributed by atoms with Crippen LogP contribution in [0.25, 0.3) is 0 Å². The van der Waals surface area contributed by atoms with Crippen LogP contribution >= 0.6 is 0 Å². The van der Waals surface area contributed by atoms with Gasteiger partial charge in [0.2, 0.25) is 0 Å². The Labute approximate surface area is 82.9 Å². The molecule has 1 atom stereocenters. The average molecular weight is 196 g/mol. The summed E-state index contributed by atoms with van der Waals surface area (Å²) in [5, 5.41) is 23.5. The SMILES string of the molecule is CC(O)C1CCC(c2nn[nH]n2)CC1. The van der Waals surface area contributed by atoms with Gasteiger partial charge >= 0.3 is 0 Å². The second kappa shape index (κ2) is 4.04. The van der Waals surface area contributed by atoms with Crippen molar-refractivity contribution in [1.82, 2.24) is 20.6 Å². The van der Waals surface area contributed by atoms with Gasteiger partial charge < -0.3 is 5.11 Å². The Morgan fingerprint density at radius 1 is 1.36 bits per heavy atom. The van der Waals surface area contributed by atoms with Gasteiger partial charge in [0.1, 0.15) is 0 Å². The van der Waals surface area contributed by atoms with E-state index >= 15 is 0 Å². The van der Waals surface area contributed by atoms with Gasteiger partial charge in [-0.1, -0.05) is 5.21 Å². The molecule has 0 spiro atoms. The third-order valence-corrected chi connectivity index (χ3v) is 3.18. The zero-order chi connectivity index (χ0) is 9.97. The Morgan fingerprint density at radius 2 is 2.07 bits per heavy atom. The summed E-state index contributed by atoms with van der Waals surface area (Å²) < 4.78 is 0. The predicted molar refractivity (Wildman–Crippen MR) is 50.6 cm³/mol. The summed E-state index contributed by atoms with van der Waals surface area (Å²) in [6.07, 6.45) is 4.08. The van der Waals surface area contributed by atoms with Crippen LogP contribution in [0.3, 0.4) is 0 Å². The molecular formula is C9H16N4O. The largest absolute Gasteiger partial charge is 0.393 e. The third-order valence-electron chi connectivity index (χ3n) is 3.18. The number of hydrogen-bond acceptors (Lipinski definition) is 4. The number of rotatable bonds is 2. The van der Waals surface area contributed by atoms with Gasteiger partial charge in [-0.2, -0.15) is 5.21 Å². The molecule has 5 nitrogen and oxygen atoms in total. The Kier molecular flexibility index (Phi) is 2.77. The Hall–Kier alpha value is -0.970. The van der Waals surface area contributed by atoms with E-state index in [0.29, 0.717) is 11.8 Å². The molecule has 1 aromatic heterocycles. The van der Waals surface area contributed by atoms with Gasteiger partial charge in [-0.3, -0.25) is 0 Å². The van der Waals surface area contributed by atoms with Crippen molar-refractivity contribution >= 4 is 0 Å². The maximum Gasteiger partial charge on any atom is 0.177 e. The molecule has 1 unspecified atom stereocenters. The van der Waals surface area contributed by atoms with Crippen molar-refractivity contribution in [3.63, 3.8) is 0 Å². The molecule has 1 saturated carbocycles. The molecule has 0 aromatic carbocycles. The molecule has 0 aliphatic heterocycles. The quantitative estimate of drug-likeness (QED) is 0.735. The van der Waals surface area contributed by atoms with Crippen molar-refractivity contribution in [2.45, 2.75) is 44.6 Å². The van der Waals surface area contributed by atoms with E-state index in [1.807, 2.05) is 6.92 Å². The molecule has 14 heavy (non-hydrogen) atoms. The minimum absolute atomic E-state index is 0.179. The van der Waals surface area contributed by atoms with Crippen LogP contribution in [-0.4, -0.2) is 31.8 Å². The highest BCUT2D eigenvalue weighted by Crippen LogP contribution is 2.35. The number of nitrogens with zero attached hydrogens (tertiary/aromatic N) is 3. The van der Waals surface area contributed by atoms with Crippen molar-refractivity contribution < 1.29 is 5.11 Å². The fourth-order valence-corrected chi connectivity index (χ4v) is 2.20. The third kappa shape index (κ3) is 1.92. The van der Waals surface area contributed by atoms with Crippen molar-refractivity contribution in [2.75, 3.05) is 0 Å². The molecule has 78 valence electrons. The first kappa shape index (κ1) is 9.58. The molecule has 1 aromatic rings. The number of aliphatic hydroxyl groups is 1. The zero-order valence-corrected chi connectivity index (χ0v) is 8.35. The van der Waals surface area contributed by atoms with Gasteiger partial charge in [0.15, 0.2) is 5.82 Å². The number of aromatic nitrogens is 4. The van der Waals surface area contributed by atoms with Crippen LogP contribution in [0.5, 0.6) is 0 Å². The highest BCUT2D eigenvalue weighted by atomic mass is 16.3. The Balaban J connectivity index is 1.90. The van der Waals surface area contributed by atoms with E-state index in [4.69, 9.17) is 0 Å². The molecule has 5 heteroatoms. The van der Waals surface area contributed by atoms with E-state index in [1.165, 1.54) is 0 Å². The second-order valence-electron chi connectivity index (χ2n) is 4.12. The van der Waals surface area contributed by atoms with Gasteiger partial charge in [0.05, 0.1) is 6.10 Å². The smallest absolute Gasteiger partial charge is 0.177 e. The minimum Gasteiger partial charge on any atom is -0.393 e. The molecule has 1 aliphatic rings. The molecule has 1 aliphatic carbocycles. The molecular weight excluding hydrogens is 180 g/mol. The van der Waals surface area contributed by atoms with E-state index in [0.717, 1.165) is 31.5 Å². The van der Waals surface area contributed by atoms with Gasteiger partial charge in [-0.15, -0.1) is 10.2 Å². The zero-order valence-electron chi connectivity index (χ0n) is 8.35. The number of aliphatic hydroxyl groups excluding tert-OH is 1. The van der Waals surface area contributed by atoms with Gasteiger partial charge in [0, 0.05) is 5.92 Å². The Bertz CT molecular complexity index is 264. The number of hydrogen-bond donors (Lipinski definition) is 2. The molecule has 2 N–H and O–H groups in total. The molecule has 0 radical (unpaired) electrons. The highest BCUT2D eigenvalue weighted by Gasteiger charge is 2.27. The van der Waals surface area contributed by atoms with Gasteiger partial charge in [0.25, 0.3) is 0 Å². The summed E-state index contributed by atoms with van der Waals surface area (Å²) in [6.45, 7) is 1.87. The molecule has 0 amide bonds. The first-order valence-electron chi connectivity index (χ1n) is 5.18. The van der Waals surface area contributed by atoms with Crippen molar-refractivity contribution in [3.05, 3.63) is 5.82 Å². The maximum absolute atomic E-state index is 9.44. The summed E-state index contributed by atoms with van der Waals surface area (Å²) in [6, 6.07) is 0. The molecule has 0 saturated heterocycles. The molecule has 2 rings (SSSR count). The minimum atomic E-state index is -0.179. The molecule has 1 fully saturated rings. The summed E-state index contributed by atoms with van der Waals surface area (Å²) >= 11 is 0. The van der Waals surface area contributed by atoms with Crippen LogP contribution in [0.1, 0.15) is 44.3 Å². The first-order valence-corrected chi connectivity index (χ1v) is 5.18. The number of tetrazole rings is 1. The van der Waals surface area contributed by atoms with Gasteiger partial charge in [-0.05, 0) is 38.5 Å². The summed E-state index contributed by atoms with van der Waals surface area (Å²) in [7, 11) is 0. The van der Waals surface area contributed by atoms with Crippen LogP contribution in [0.2, 0.25) is 0 Å². The highest BCUT2D eigenvalue weighted by molar-refractivity contribution is 4.94. The molecule has 0 bridgehead atoms. The van der Waals surface area contributed by atoms with Crippen LogP contribution < -0.4 is 0 Å². The lowest BCUT2D eigenvalue weighted by Crippen LogP contribution is -2.23. The topological polar surface area (TPSA) is 74.7 Å². The number of H-pyrrole nitrogens is 1. The lowest BCUT2D eigenvalue weighted by atomic mass is 9.79.